The van der Waals surface area contributed by atoms with Crippen LogP contribution in [0, 0.1) is 0 Å². The number of para-hydroxylation sites is 1. The zero-order valence-electron chi connectivity index (χ0n) is 31.5. The van der Waals surface area contributed by atoms with Crippen LogP contribution >= 0.6 is 0 Å². The van der Waals surface area contributed by atoms with E-state index in [0.717, 1.165) is 89.6 Å². The summed E-state index contributed by atoms with van der Waals surface area (Å²) in [5.41, 5.74) is 18.8. The molecule has 9 aromatic carbocycles. The summed E-state index contributed by atoms with van der Waals surface area (Å²) in [5, 5.41) is 4.32. The van der Waals surface area contributed by atoms with Crippen molar-refractivity contribution in [3.8, 4) is 44.5 Å². The molecule has 0 saturated heterocycles. The van der Waals surface area contributed by atoms with Crippen LogP contribution in [0.25, 0.3) is 88.4 Å². The Morgan fingerprint density at radius 2 is 1.02 bits per heavy atom. The monoisotopic (exact) mass is 741 g/mol. The molecule has 0 unspecified atom stereocenters. The van der Waals surface area contributed by atoms with Crippen molar-refractivity contribution >= 4 is 60.9 Å². The fourth-order valence-corrected chi connectivity index (χ4v) is 9.23. The normalized spacial score (nSPS) is 12.1. The third kappa shape index (κ3) is 5.14. The van der Waals surface area contributed by atoms with Crippen LogP contribution in [0.2, 0.25) is 0 Å². The minimum atomic E-state index is 0.842. The number of anilines is 3. The van der Waals surface area contributed by atoms with Crippen LogP contribution in [0.3, 0.4) is 0 Å². The van der Waals surface area contributed by atoms with Gasteiger partial charge in [0.05, 0.1) is 16.8 Å². The summed E-state index contributed by atoms with van der Waals surface area (Å²) >= 11 is 0. The van der Waals surface area contributed by atoms with Gasteiger partial charge in [0.2, 0.25) is 0 Å². The fourth-order valence-electron chi connectivity index (χ4n) is 9.23. The first-order valence-electron chi connectivity index (χ1n) is 19.9. The largest absolute Gasteiger partial charge is 0.456 e. The van der Waals surface area contributed by atoms with Crippen molar-refractivity contribution in [3.05, 3.63) is 211 Å². The summed E-state index contributed by atoms with van der Waals surface area (Å²) in [7, 11) is 0. The van der Waals surface area contributed by atoms with Gasteiger partial charge in [-0.05, 0) is 111 Å². The minimum Gasteiger partial charge on any atom is -0.456 e. The molecule has 0 spiro atoms. The molecule has 0 bridgehead atoms. The van der Waals surface area contributed by atoms with Gasteiger partial charge in [-0.2, -0.15) is 0 Å². The second-order valence-electron chi connectivity index (χ2n) is 15.2. The van der Waals surface area contributed by atoms with E-state index in [1.165, 1.54) is 33.4 Å². The third-order valence-corrected chi connectivity index (χ3v) is 11.9. The first-order chi connectivity index (χ1) is 28.7. The van der Waals surface area contributed by atoms with E-state index in [0.29, 0.717) is 0 Å². The summed E-state index contributed by atoms with van der Waals surface area (Å²) < 4.78 is 13.3. The van der Waals surface area contributed by atoms with Gasteiger partial charge in [-0.25, -0.2) is 0 Å². The topological polar surface area (TPSA) is 29.5 Å². The van der Waals surface area contributed by atoms with Crippen molar-refractivity contribution in [2.24, 2.45) is 0 Å². The number of hydrogen-bond donors (Lipinski definition) is 0. The van der Waals surface area contributed by atoms with Crippen molar-refractivity contribution in [1.82, 2.24) is 0 Å². The van der Waals surface area contributed by atoms with Crippen LogP contribution < -0.4 is 4.90 Å². The van der Waals surface area contributed by atoms with E-state index in [1.54, 1.807) is 0 Å². The average molecular weight is 742 g/mol. The maximum absolute atomic E-state index is 6.94. The molecule has 58 heavy (non-hydrogen) atoms. The SMILES string of the molecule is c1ccc(-c2ccc3c(c2)oc2cc(-c4ccccc4)cc(N(c4ccc5oc6ccccc6c5c4)c4ccc(-c5ccccc5)c5c4-c4ccccc4C5)c23)cc1. The van der Waals surface area contributed by atoms with Crippen LogP contribution in [-0.2, 0) is 6.42 Å². The molecule has 0 atom stereocenters. The highest BCUT2D eigenvalue weighted by Crippen LogP contribution is 2.53. The summed E-state index contributed by atoms with van der Waals surface area (Å²) in [4.78, 5) is 2.48. The molecule has 11 aromatic rings. The van der Waals surface area contributed by atoms with Gasteiger partial charge in [0.15, 0.2) is 0 Å². The minimum absolute atomic E-state index is 0.842. The summed E-state index contributed by atoms with van der Waals surface area (Å²) in [6.45, 7) is 0. The van der Waals surface area contributed by atoms with Crippen molar-refractivity contribution in [3.63, 3.8) is 0 Å². The lowest BCUT2D eigenvalue weighted by molar-refractivity contribution is 0.668. The molecule has 3 nitrogen and oxygen atoms in total. The number of rotatable bonds is 6. The highest BCUT2D eigenvalue weighted by atomic mass is 16.3. The van der Waals surface area contributed by atoms with E-state index in [1.807, 2.05) is 12.1 Å². The molecule has 2 heterocycles. The molecule has 2 aromatic heterocycles. The number of hydrogen-bond acceptors (Lipinski definition) is 3. The number of fused-ring (bicyclic) bond motifs is 9. The van der Waals surface area contributed by atoms with Crippen LogP contribution in [-0.4, -0.2) is 0 Å². The van der Waals surface area contributed by atoms with Crippen LogP contribution in [0.4, 0.5) is 17.1 Å². The van der Waals surface area contributed by atoms with Gasteiger partial charge < -0.3 is 13.7 Å². The van der Waals surface area contributed by atoms with Crippen molar-refractivity contribution < 1.29 is 8.83 Å². The molecule has 0 aliphatic heterocycles. The number of furan rings is 2. The predicted octanol–water partition coefficient (Wildman–Crippen LogP) is 15.5. The van der Waals surface area contributed by atoms with Gasteiger partial charge >= 0.3 is 0 Å². The van der Waals surface area contributed by atoms with Gasteiger partial charge in [-0.3, -0.25) is 0 Å². The highest BCUT2D eigenvalue weighted by Gasteiger charge is 2.30. The molecule has 0 fully saturated rings. The van der Waals surface area contributed by atoms with E-state index in [-0.39, 0.29) is 0 Å². The van der Waals surface area contributed by atoms with Crippen LogP contribution in [0.15, 0.2) is 209 Å². The molecular weight excluding hydrogens is 707 g/mol. The lowest BCUT2D eigenvalue weighted by atomic mass is 9.93. The maximum Gasteiger partial charge on any atom is 0.138 e. The zero-order chi connectivity index (χ0) is 38.2. The molecule has 3 heteroatoms. The van der Waals surface area contributed by atoms with E-state index in [9.17, 15) is 0 Å². The quantitative estimate of drug-likeness (QED) is 0.170. The van der Waals surface area contributed by atoms with E-state index >= 15 is 0 Å². The zero-order valence-corrected chi connectivity index (χ0v) is 31.5. The van der Waals surface area contributed by atoms with Crippen LogP contribution in [0.5, 0.6) is 0 Å². The van der Waals surface area contributed by atoms with Crippen molar-refractivity contribution in [2.45, 2.75) is 6.42 Å². The molecule has 0 radical (unpaired) electrons. The van der Waals surface area contributed by atoms with Gasteiger partial charge in [0.25, 0.3) is 0 Å². The van der Waals surface area contributed by atoms with Gasteiger partial charge in [-0.1, -0.05) is 146 Å². The molecule has 0 saturated carbocycles. The molecule has 1 aliphatic carbocycles. The van der Waals surface area contributed by atoms with Crippen LogP contribution in [0.1, 0.15) is 11.1 Å². The van der Waals surface area contributed by atoms with Crippen molar-refractivity contribution in [2.75, 3.05) is 4.90 Å². The second-order valence-corrected chi connectivity index (χ2v) is 15.2. The molecule has 272 valence electrons. The second kappa shape index (κ2) is 13.0. The molecule has 0 N–H and O–H groups in total. The first kappa shape index (κ1) is 32.6. The van der Waals surface area contributed by atoms with Crippen molar-refractivity contribution in [1.29, 1.82) is 0 Å². The van der Waals surface area contributed by atoms with E-state index in [4.69, 9.17) is 8.83 Å². The molecule has 0 amide bonds. The van der Waals surface area contributed by atoms with Gasteiger partial charge in [-0.15, -0.1) is 0 Å². The Bertz CT molecular complexity index is 3360. The highest BCUT2D eigenvalue weighted by molar-refractivity contribution is 6.17. The maximum atomic E-state index is 6.94. The Labute approximate surface area is 335 Å². The summed E-state index contributed by atoms with van der Waals surface area (Å²) in [5.74, 6) is 0. The Morgan fingerprint density at radius 3 is 1.83 bits per heavy atom. The molecule has 1 aliphatic rings. The number of nitrogens with zero attached hydrogens (tertiary/aromatic N) is 1. The molecule has 12 rings (SSSR count). The van der Waals surface area contributed by atoms with E-state index in [2.05, 4.69) is 193 Å². The lowest BCUT2D eigenvalue weighted by Gasteiger charge is -2.30. The Balaban J connectivity index is 1.20. The first-order valence-corrected chi connectivity index (χ1v) is 19.9. The Morgan fingerprint density at radius 1 is 0.362 bits per heavy atom. The smallest absolute Gasteiger partial charge is 0.138 e. The summed E-state index contributed by atoms with van der Waals surface area (Å²) in [6.07, 6.45) is 0.860. The number of benzene rings is 9. The molecular formula is C55H35NO2. The standard InChI is InChI=1S/C55H35NO2/c1-4-14-35(15-5-1)38-24-26-45-52(32-38)58-53-33-40(36-16-6-2-7-17-36)31-49(55(45)53)56(41-25-29-51-46(34-41)44-22-12-13-23-50(44)57-51)48-28-27-42(37-18-8-3-9-19-37)47-30-39-20-10-11-21-43(39)54(47)48/h1-29,31-34H,30H2. The predicted molar refractivity (Wildman–Crippen MR) is 240 cm³/mol. The summed E-state index contributed by atoms with van der Waals surface area (Å²) in [6, 6.07) is 71.7. The average Bonchev–Trinajstić information content (AvgIpc) is 3.99. The van der Waals surface area contributed by atoms with Gasteiger partial charge in [0, 0.05) is 27.4 Å². The lowest BCUT2D eigenvalue weighted by Crippen LogP contribution is -2.12. The van der Waals surface area contributed by atoms with Gasteiger partial charge in [0.1, 0.15) is 22.3 Å². The Kier molecular flexibility index (Phi) is 7.29. The van der Waals surface area contributed by atoms with E-state index < -0.39 is 0 Å². The fraction of sp³-hybridized carbons (Fsp3) is 0.0182. The third-order valence-electron chi connectivity index (χ3n) is 11.9. The Hall–Kier alpha value is -7.62.